The highest BCUT2D eigenvalue weighted by Crippen LogP contribution is 2.57. The number of fused-ring (bicyclic) bond motifs is 1. The van der Waals surface area contributed by atoms with Crippen LogP contribution in [0.25, 0.3) is 0 Å². The highest BCUT2D eigenvalue weighted by molar-refractivity contribution is 5.82. The summed E-state index contributed by atoms with van der Waals surface area (Å²) in [7, 11) is 0. The molecule has 2 saturated carbocycles. The van der Waals surface area contributed by atoms with Gasteiger partial charge in [0.25, 0.3) is 0 Å². The molecule has 2 rings (SSSR count). The minimum atomic E-state index is 0.327. The lowest BCUT2D eigenvalue weighted by molar-refractivity contribution is -0.123. The number of hydrogen-bond acceptors (Lipinski definition) is 2. The van der Waals surface area contributed by atoms with Crippen molar-refractivity contribution >= 4 is 5.91 Å². The van der Waals surface area contributed by atoms with Gasteiger partial charge < -0.3 is 11.1 Å². The summed E-state index contributed by atoms with van der Waals surface area (Å²) in [6, 6.07) is 0. The number of nitrogens with one attached hydrogen (secondary N) is 1. The smallest absolute Gasteiger partial charge is 0.223 e. The quantitative estimate of drug-likeness (QED) is 0.646. The number of carbonyl (C=O) groups is 1. The molecule has 2 aliphatic rings. The molecule has 1 amide bonds. The SMILES string of the molecule is NCCCCCCNC(=O)C1C2CCCC21. The molecular weight excluding hydrogens is 200 g/mol. The molecule has 92 valence electrons. The maximum Gasteiger partial charge on any atom is 0.223 e. The number of unbranched alkanes of at least 4 members (excludes halogenated alkanes) is 3. The van der Waals surface area contributed by atoms with Crippen LogP contribution in [0.5, 0.6) is 0 Å². The van der Waals surface area contributed by atoms with Crippen molar-refractivity contribution in [1.29, 1.82) is 0 Å². The topological polar surface area (TPSA) is 55.1 Å². The van der Waals surface area contributed by atoms with Crippen molar-refractivity contribution < 1.29 is 4.79 Å². The Morgan fingerprint density at radius 2 is 1.81 bits per heavy atom. The number of nitrogens with two attached hydrogens (primary N) is 1. The fourth-order valence-electron chi connectivity index (χ4n) is 3.16. The second kappa shape index (κ2) is 5.67. The molecule has 0 bridgehead atoms. The highest BCUT2D eigenvalue weighted by atomic mass is 16.2. The minimum Gasteiger partial charge on any atom is -0.356 e. The van der Waals surface area contributed by atoms with Crippen molar-refractivity contribution in [1.82, 2.24) is 5.32 Å². The lowest BCUT2D eigenvalue weighted by Gasteiger charge is -2.06. The standard InChI is InChI=1S/C13H24N2O/c14-8-3-1-2-4-9-15-13(16)12-10-6-5-7-11(10)12/h10-12H,1-9,14H2,(H,15,16). The molecule has 2 aliphatic carbocycles. The summed E-state index contributed by atoms with van der Waals surface area (Å²) in [6.07, 6.45) is 8.53. The third-order valence-corrected chi connectivity index (χ3v) is 4.14. The Morgan fingerprint density at radius 3 is 2.50 bits per heavy atom. The van der Waals surface area contributed by atoms with Crippen LogP contribution in [0.2, 0.25) is 0 Å². The van der Waals surface area contributed by atoms with E-state index in [1.165, 1.54) is 32.1 Å². The van der Waals surface area contributed by atoms with Crippen LogP contribution in [0.1, 0.15) is 44.9 Å². The van der Waals surface area contributed by atoms with Gasteiger partial charge in [-0.25, -0.2) is 0 Å². The zero-order chi connectivity index (χ0) is 11.4. The monoisotopic (exact) mass is 224 g/mol. The summed E-state index contributed by atoms with van der Waals surface area (Å²) in [5.41, 5.74) is 5.42. The summed E-state index contributed by atoms with van der Waals surface area (Å²) in [4.78, 5) is 11.8. The molecule has 2 fully saturated rings. The summed E-state index contributed by atoms with van der Waals surface area (Å²) < 4.78 is 0. The van der Waals surface area contributed by atoms with E-state index in [-0.39, 0.29) is 0 Å². The van der Waals surface area contributed by atoms with Crippen LogP contribution in [-0.2, 0) is 4.79 Å². The molecule has 3 nitrogen and oxygen atoms in total. The molecule has 2 unspecified atom stereocenters. The van der Waals surface area contributed by atoms with E-state index in [2.05, 4.69) is 5.32 Å². The number of rotatable bonds is 7. The summed E-state index contributed by atoms with van der Waals surface area (Å²) in [5.74, 6) is 2.21. The normalized spacial score (nSPS) is 31.2. The second-order valence-electron chi connectivity index (χ2n) is 5.28. The molecule has 0 saturated heterocycles. The maximum absolute atomic E-state index is 11.8. The average molecular weight is 224 g/mol. The van der Waals surface area contributed by atoms with Gasteiger partial charge in [0.05, 0.1) is 0 Å². The molecule has 3 heteroatoms. The first kappa shape index (κ1) is 11.9. The Kier molecular flexibility index (Phi) is 4.22. The first-order valence-corrected chi connectivity index (χ1v) is 6.82. The summed E-state index contributed by atoms with van der Waals surface area (Å²) >= 11 is 0. The molecule has 0 heterocycles. The van der Waals surface area contributed by atoms with Gasteiger partial charge in [0, 0.05) is 12.5 Å². The summed E-state index contributed by atoms with van der Waals surface area (Å²) in [6.45, 7) is 1.65. The third-order valence-electron chi connectivity index (χ3n) is 4.14. The first-order chi connectivity index (χ1) is 7.84. The Balaban J connectivity index is 1.49. The summed E-state index contributed by atoms with van der Waals surface area (Å²) in [5, 5.41) is 3.08. The number of hydrogen-bond donors (Lipinski definition) is 2. The van der Waals surface area contributed by atoms with Crippen LogP contribution in [0.15, 0.2) is 0 Å². The molecule has 0 radical (unpaired) electrons. The van der Waals surface area contributed by atoms with E-state index in [1.807, 2.05) is 0 Å². The van der Waals surface area contributed by atoms with E-state index in [0.29, 0.717) is 11.8 Å². The Morgan fingerprint density at radius 1 is 1.12 bits per heavy atom. The van der Waals surface area contributed by atoms with Crippen molar-refractivity contribution in [2.45, 2.75) is 44.9 Å². The van der Waals surface area contributed by atoms with E-state index < -0.39 is 0 Å². The fraction of sp³-hybridized carbons (Fsp3) is 0.923. The van der Waals surface area contributed by atoms with E-state index in [1.54, 1.807) is 0 Å². The van der Waals surface area contributed by atoms with Crippen LogP contribution >= 0.6 is 0 Å². The Labute approximate surface area is 98.2 Å². The highest BCUT2D eigenvalue weighted by Gasteiger charge is 2.56. The fourth-order valence-corrected chi connectivity index (χ4v) is 3.16. The first-order valence-electron chi connectivity index (χ1n) is 6.82. The predicted molar refractivity (Wildman–Crippen MR) is 64.9 cm³/mol. The van der Waals surface area contributed by atoms with E-state index >= 15 is 0 Å². The zero-order valence-corrected chi connectivity index (χ0v) is 10.1. The lowest BCUT2D eigenvalue weighted by Crippen LogP contribution is -2.27. The second-order valence-corrected chi connectivity index (χ2v) is 5.28. The Hall–Kier alpha value is -0.570. The van der Waals surface area contributed by atoms with Gasteiger partial charge in [0.2, 0.25) is 5.91 Å². The van der Waals surface area contributed by atoms with Crippen LogP contribution in [0.4, 0.5) is 0 Å². The molecular formula is C13H24N2O. The van der Waals surface area contributed by atoms with Crippen LogP contribution in [0, 0.1) is 17.8 Å². The Bertz CT molecular complexity index is 232. The van der Waals surface area contributed by atoms with Gasteiger partial charge >= 0.3 is 0 Å². The predicted octanol–water partition coefficient (Wildman–Crippen LogP) is 1.67. The van der Waals surface area contributed by atoms with Crippen LogP contribution in [-0.4, -0.2) is 19.0 Å². The number of carbonyl (C=O) groups excluding carboxylic acids is 1. The van der Waals surface area contributed by atoms with Crippen molar-refractivity contribution in [3.05, 3.63) is 0 Å². The third kappa shape index (κ3) is 2.76. The van der Waals surface area contributed by atoms with Crippen LogP contribution in [0.3, 0.4) is 0 Å². The van der Waals surface area contributed by atoms with E-state index in [0.717, 1.165) is 37.8 Å². The van der Waals surface area contributed by atoms with Crippen molar-refractivity contribution in [2.75, 3.05) is 13.1 Å². The molecule has 0 spiro atoms. The molecule has 0 aliphatic heterocycles. The van der Waals surface area contributed by atoms with Gasteiger partial charge in [-0.15, -0.1) is 0 Å². The molecule has 3 N–H and O–H groups in total. The van der Waals surface area contributed by atoms with Gasteiger partial charge in [-0.05, 0) is 44.1 Å². The molecule has 2 atom stereocenters. The molecule has 0 aromatic heterocycles. The van der Waals surface area contributed by atoms with Crippen LogP contribution < -0.4 is 11.1 Å². The maximum atomic E-state index is 11.8. The minimum absolute atomic E-state index is 0.327. The van der Waals surface area contributed by atoms with Gasteiger partial charge in [-0.2, -0.15) is 0 Å². The van der Waals surface area contributed by atoms with Gasteiger partial charge in [0.15, 0.2) is 0 Å². The number of amides is 1. The largest absolute Gasteiger partial charge is 0.356 e. The average Bonchev–Trinajstić information content (AvgIpc) is 2.77. The van der Waals surface area contributed by atoms with Gasteiger partial charge in [0.1, 0.15) is 0 Å². The van der Waals surface area contributed by atoms with E-state index in [9.17, 15) is 4.79 Å². The lowest BCUT2D eigenvalue weighted by atomic mass is 10.1. The zero-order valence-electron chi connectivity index (χ0n) is 10.1. The van der Waals surface area contributed by atoms with Gasteiger partial charge in [-0.1, -0.05) is 19.3 Å². The molecule has 0 aromatic carbocycles. The molecule has 16 heavy (non-hydrogen) atoms. The van der Waals surface area contributed by atoms with Gasteiger partial charge in [-0.3, -0.25) is 4.79 Å². The van der Waals surface area contributed by atoms with E-state index in [4.69, 9.17) is 5.73 Å². The van der Waals surface area contributed by atoms with Crippen molar-refractivity contribution in [3.63, 3.8) is 0 Å². The molecule has 0 aromatic rings. The van der Waals surface area contributed by atoms with Crippen molar-refractivity contribution in [3.8, 4) is 0 Å². The van der Waals surface area contributed by atoms with Crippen molar-refractivity contribution in [2.24, 2.45) is 23.5 Å².